The predicted molar refractivity (Wildman–Crippen MR) is 120 cm³/mol. The van der Waals surface area contributed by atoms with E-state index in [0.29, 0.717) is 6.61 Å². The molecule has 29 heavy (non-hydrogen) atoms. The van der Waals surface area contributed by atoms with Crippen molar-refractivity contribution in [2.75, 3.05) is 31.5 Å². The highest BCUT2D eigenvalue weighted by atomic mass is 32.1. The van der Waals surface area contributed by atoms with Gasteiger partial charge < -0.3 is 15.0 Å². The Hall–Kier alpha value is -1.83. The molecule has 0 spiro atoms. The van der Waals surface area contributed by atoms with Crippen LogP contribution in [0.3, 0.4) is 0 Å². The summed E-state index contributed by atoms with van der Waals surface area (Å²) in [5.74, 6) is 0.935. The molecule has 0 aliphatic carbocycles. The number of aryl methyl sites for hydroxylation is 1. The van der Waals surface area contributed by atoms with E-state index in [1.807, 2.05) is 0 Å². The number of thiophene rings is 1. The molecule has 3 aromatic heterocycles. The maximum atomic E-state index is 6.05. The highest BCUT2D eigenvalue weighted by Crippen LogP contribution is 2.41. The molecule has 0 saturated carbocycles. The fourth-order valence-corrected chi connectivity index (χ4v) is 5.41. The number of fused-ring (bicyclic) bond motifs is 5. The molecule has 2 N–H and O–H groups in total. The van der Waals surface area contributed by atoms with Crippen LogP contribution < -0.4 is 10.2 Å². The van der Waals surface area contributed by atoms with Gasteiger partial charge in [-0.15, -0.1) is 11.3 Å². The Morgan fingerprint density at radius 2 is 2.00 bits per heavy atom. The summed E-state index contributed by atoms with van der Waals surface area (Å²) in [5.41, 5.74) is 4.51. The lowest BCUT2D eigenvalue weighted by Gasteiger charge is -2.32. The second-order valence-corrected chi connectivity index (χ2v) is 9.55. The lowest BCUT2D eigenvalue weighted by Crippen LogP contribution is -3.11. The van der Waals surface area contributed by atoms with Crippen molar-refractivity contribution in [3.05, 3.63) is 23.1 Å². The summed E-state index contributed by atoms with van der Waals surface area (Å²) in [5, 5.41) is 4.75. The fourth-order valence-electron chi connectivity index (χ4n) is 4.24. The molecule has 4 rings (SSSR count). The van der Waals surface area contributed by atoms with Crippen LogP contribution in [0.25, 0.3) is 20.4 Å². The molecule has 0 aromatic carbocycles. The van der Waals surface area contributed by atoms with Crippen molar-refractivity contribution >= 4 is 37.6 Å². The standard InChI is InChI=1S/C22H31N5OS/c1-6-27(7-2)10-8-9-23-20-19-18(24-13-25-20)17-15-11-22(4,5)28-12-16(15)14(3)26-21(17)29-19/h13H,6-12H2,1-5H3,(H,23,24,25)/p+1. The first kappa shape index (κ1) is 20.4. The van der Waals surface area contributed by atoms with Gasteiger partial charge in [0.1, 0.15) is 17.0 Å². The smallest absolute Gasteiger partial charge is 0.147 e. The first-order valence-corrected chi connectivity index (χ1v) is 11.5. The number of ether oxygens (including phenoxy) is 1. The van der Waals surface area contributed by atoms with E-state index in [-0.39, 0.29) is 5.60 Å². The molecule has 0 bridgehead atoms. The summed E-state index contributed by atoms with van der Waals surface area (Å²) >= 11 is 1.70. The number of quaternary nitrogens is 1. The first-order valence-electron chi connectivity index (χ1n) is 10.7. The molecule has 1 aliphatic rings. The summed E-state index contributed by atoms with van der Waals surface area (Å²) in [6, 6.07) is 0. The van der Waals surface area contributed by atoms with Crippen LogP contribution in [0.15, 0.2) is 6.33 Å². The summed E-state index contributed by atoms with van der Waals surface area (Å²) in [4.78, 5) is 16.8. The zero-order valence-corrected chi connectivity index (χ0v) is 19.0. The van der Waals surface area contributed by atoms with Crippen LogP contribution in [-0.2, 0) is 17.8 Å². The van der Waals surface area contributed by atoms with Gasteiger partial charge in [0.2, 0.25) is 0 Å². The summed E-state index contributed by atoms with van der Waals surface area (Å²) < 4.78 is 7.17. The fraction of sp³-hybridized carbons (Fsp3) is 0.591. The van der Waals surface area contributed by atoms with E-state index >= 15 is 0 Å². The molecule has 0 radical (unpaired) electrons. The Morgan fingerprint density at radius 3 is 2.76 bits per heavy atom. The Morgan fingerprint density at radius 1 is 1.21 bits per heavy atom. The second kappa shape index (κ2) is 8.13. The van der Waals surface area contributed by atoms with E-state index in [9.17, 15) is 0 Å². The van der Waals surface area contributed by atoms with E-state index in [1.54, 1.807) is 22.6 Å². The molecular weight excluding hydrogens is 382 g/mol. The average molecular weight is 415 g/mol. The van der Waals surface area contributed by atoms with Crippen LogP contribution in [-0.4, -0.2) is 46.7 Å². The minimum Gasteiger partial charge on any atom is -0.370 e. The van der Waals surface area contributed by atoms with Crippen LogP contribution >= 0.6 is 11.3 Å². The maximum absolute atomic E-state index is 6.05. The lowest BCUT2D eigenvalue weighted by molar-refractivity contribution is -0.896. The van der Waals surface area contributed by atoms with Crippen molar-refractivity contribution < 1.29 is 9.64 Å². The molecular formula is C22H32N5OS+. The van der Waals surface area contributed by atoms with Gasteiger partial charge in [-0.25, -0.2) is 15.0 Å². The van der Waals surface area contributed by atoms with E-state index in [2.05, 4.69) is 49.9 Å². The minimum absolute atomic E-state index is 0.164. The van der Waals surface area contributed by atoms with Crippen molar-refractivity contribution in [2.45, 2.75) is 59.7 Å². The number of hydrogen-bond donors (Lipinski definition) is 2. The first-order chi connectivity index (χ1) is 13.9. The molecule has 156 valence electrons. The minimum atomic E-state index is -0.164. The average Bonchev–Trinajstić information content (AvgIpc) is 3.06. The SMILES string of the molecule is CC[NH+](CC)CCCNc1ncnc2c1sc1nc(C)c3c(c12)CC(C)(C)OC3. The van der Waals surface area contributed by atoms with Crippen molar-refractivity contribution in [3.63, 3.8) is 0 Å². The quantitative estimate of drug-likeness (QED) is 0.582. The molecule has 0 unspecified atom stereocenters. The largest absolute Gasteiger partial charge is 0.370 e. The number of nitrogens with zero attached hydrogens (tertiary/aromatic N) is 3. The van der Waals surface area contributed by atoms with Gasteiger partial charge in [-0.3, -0.25) is 0 Å². The van der Waals surface area contributed by atoms with Crippen molar-refractivity contribution in [3.8, 4) is 0 Å². The Labute approximate surface area is 176 Å². The molecule has 4 heterocycles. The van der Waals surface area contributed by atoms with Gasteiger partial charge in [-0.2, -0.15) is 0 Å². The number of anilines is 1. The van der Waals surface area contributed by atoms with E-state index < -0.39 is 0 Å². The van der Waals surface area contributed by atoms with Gasteiger partial charge in [0.05, 0.1) is 42.1 Å². The van der Waals surface area contributed by atoms with Crippen molar-refractivity contribution in [2.24, 2.45) is 0 Å². The number of hydrogen-bond acceptors (Lipinski definition) is 6. The third kappa shape index (κ3) is 3.96. The number of rotatable bonds is 7. The zero-order chi connectivity index (χ0) is 20.6. The number of pyridine rings is 1. The second-order valence-electron chi connectivity index (χ2n) is 8.55. The molecule has 1 aliphatic heterocycles. The van der Waals surface area contributed by atoms with Crippen LogP contribution in [0.5, 0.6) is 0 Å². The predicted octanol–water partition coefficient (Wildman–Crippen LogP) is 3.13. The van der Waals surface area contributed by atoms with Gasteiger partial charge in [0.15, 0.2) is 0 Å². The molecule has 0 atom stereocenters. The number of nitrogens with one attached hydrogen (secondary N) is 2. The van der Waals surface area contributed by atoms with Gasteiger partial charge in [-0.05, 0) is 40.2 Å². The van der Waals surface area contributed by atoms with Gasteiger partial charge in [0, 0.05) is 36.0 Å². The molecule has 6 nitrogen and oxygen atoms in total. The number of aromatic nitrogens is 3. The normalized spacial score (nSPS) is 15.9. The maximum Gasteiger partial charge on any atom is 0.147 e. The van der Waals surface area contributed by atoms with Crippen LogP contribution in [0.1, 0.15) is 50.9 Å². The lowest BCUT2D eigenvalue weighted by atomic mass is 9.89. The Kier molecular flexibility index (Phi) is 5.73. The van der Waals surface area contributed by atoms with Gasteiger partial charge in [-0.1, -0.05) is 0 Å². The van der Waals surface area contributed by atoms with E-state index in [1.165, 1.54) is 36.1 Å². The highest BCUT2D eigenvalue weighted by molar-refractivity contribution is 7.26. The molecule has 0 fully saturated rings. The Bertz CT molecular complexity index is 1030. The van der Waals surface area contributed by atoms with Crippen LogP contribution in [0.2, 0.25) is 0 Å². The third-order valence-corrected chi connectivity index (χ3v) is 7.11. The summed E-state index contributed by atoms with van der Waals surface area (Å²) in [7, 11) is 0. The molecule has 7 heteroatoms. The van der Waals surface area contributed by atoms with E-state index in [4.69, 9.17) is 9.72 Å². The highest BCUT2D eigenvalue weighted by Gasteiger charge is 2.30. The van der Waals surface area contributed by atoms with Crippen LogP contribution in [0, 0.1) is 6.92 Å². The Balaban J connectivity index is 1.68. The van der Waals surface area contributed by atoms with E-state index in [0.717, 1.165) is 45.9 Å². The topological polar surface area (TPSA) is 64.4 Å². The van der Waals surface area contributed by atoms with Crippen LogP contribution in [0.4, 0.5) is 5.82 Å². The zero-order valence-electron chi connectivity index (χ0n) is 18.2. The van der Waals surface area contributed by atoms with Gasteiger partial charge in [0.25, 0.3) is 0 Å². The monoisotopic (exact) mass is 414 g/mol. The van der Waals surface area contributed by atoms with Gasteiger partial charge >= 0.3 is 0 Å². The van der Waals surface area contributed by atoms with Crippen molar-refractivity contribution in [1.29, 1.82) is 0 Å². The van der Waals surface area contributed by atoms with Crippen molar-refractivity contribution in [1.82, 2.24) is 15.0 Å². The third-order valence-electron chi connectivity index (χ3n) is 6.03. The molecule has 0 amide bonds. The summed E-state index contributed by atoms with van der Waals surface area (Å²) in [6.07, 6.45) is 3.70. The molecule has 0 saturated heterocycles. The molecule has 3 aromatic rings. The summed E-state index contributed by atoms with van der Waals surface area (Å²) in [6.45, 7) is 16.0.